The molecule has 1 saturated heterocycles. The highest BCUT2D eigenvalue weighted by Crippen LogP contribution is 2.37. The summed E-state index contributed by atoms with van der Waals surface area (Å²) >= 11 is 0. The zero-order chi connectivity index (χ0) is 26.0. The molecule has 3 aromatic rings. The summed E-state index contributed by atoms with van der Waals surface area (Å²) in [6.07, 6.45) is -3.25. The average Bonchev–Trinajstić information content (AvgIpc) is 3.17. The minimum atomic E-state index is -4.54. The molecule has 1 N–H and O–H groups in total. The Morgan fingerprint density at radius 1 is 1.14 bits per heavy atom. The number of ether oxygens (including phenoxy) is 1. The number of alkyl halides is 3. The molecule has 0 bridgehead atoms. The van der Waals surface area contributed by atoms with E-state index in [1.165, 1.54) is 16.9 Å². The molecule has 0 radical (unpaired) electrons. The van der Waals surface area contributed by atoms with E-state index >= 15 is 0 Å². The highest BCUT2D eigenvalue weighted by molar-refractivity contribution is 5.96. The van der Waals surface area contributed by atoms with Crippen LogP contribution >= 0.6 is 0 Å². The van der Waals surface area contributed by atoms with Gasteiger partial charge in [-0.1, -0.05) is 0 Å². The van der Waals surface area contributed by atoms with Crippen molar-refractivity contribution in [2.75, 3.05) is 50.1 Å². The lowest BCUT2D eigenvalue weighted by Crippen LogP contribution is -2.44. The van der Waals surface area contributed by atoms with Crippen LogP contribution in [0.25, 0.3) is 5.95 Å². The molecule has 1 fully saturated rings. The van der Waals surface area contributed by atoms with Gasteiger partial charge in [0.15, 0.2) is 5.82 Å². The highest BCUT2D eigenvalue weighted by Gasteiger charge is 2.32. The van der Waals surface area contributed by atoms with Crippen LogP contribution in [0.4, 0.5) is 30.4 Å². The smallest absolute Gasteiger partial charge is 0.416 e. The molecule has 0 spiro atoms. The number of nitrogens with one attached hydrogen (secondary N) is 1. The predicted molar refractivity (Wildman–Crippen MR) is 129 cm³/mol. The number of piperazine rings is 1. The number of anilines is 3. The fourth-order valence-electron chi connectivity index (χ4n) is 4.02. The van der Waals surface area contributed by atoms with E-state index in [0.717, 1.165) is 36.6 Å². The van der Waals surface area contributed by atoms with E-state index in [-0.39, 0.29) is 29.6 Å². The Kier molecular flexibility index (Phi) is 7.16. The molecule has 9 nitrogen and oxygen atoms in total. The number of carbonyl (C=O) groups is 1. The minimum Gasteiger partial charge on any atom is -0.462 e. The van der Waals surface area contributed by atoms with Crippen LogP contribution in [0, 0.1) is 13.8 Å². The standard InChI is InChI=1S/C24H28F3N7O2/c1-5-36-22(35)18-14-28-23(34-16(3)12-15(2)31-34)30-21(18)29-19-13-17(24(25,26)27)6-7-20(19)33-10-8-32(4)9-11-33/h6-7,12-14H,5,8-11H2,1-4H3,(H,28,29,30). The van der Waals surface area contributed by atoms with Gasteiger partial charge < -0.3 is 19.9 Å². The van der Waals surface area contributed by atoms with Crippen molar-refractivity contribution >= 4 is 23.2 Å². The lowest BCUT2D eigenvalue weighted by atomic mass is 10.1. The van der Waals surface area contributed by atoms with Gasteiger partial charge in [-0.15, -0.1) is 0 Å². The largest absolute Gasteiger partial charge is 0.462 e. The van der Waals surface area contributed by atoms with Gasteiger partial charge in [-0.3, -0.25) is 0 Å². The van der Waals surface area contributed by atoms with Gasteiger partial charge in [0.05, 0.1) is 29.2 Å². The second kappa shape index (κ2) is 10.1. The Morgan fingerprint density at radius 3 is 2.47 bits per heavy atom. The SMILES string of the molecule is CCOC(=O)c1cnc(-n2nc(C)cc2C)nc1Nc1cc(C(F)(F)F)ccc1N1CCN(C)CC1. The van der Waals surface area contributed by atoms with Crippen molar-refractivity contribution in [3.05, 3.63) is 53.0 Å². The van der Waals surface area contributed by atoms with Crippen LogP contribution in [0.5, 0.6) is 0 Å². The number of aryl methyl sites for hydroxylation is 2. The fraction of sp³-hybridized carbons (Fsp3) is 0.417. The zero-order valence-corrected chi connectivity index (χ0v) is 20.6. The van der Waals surface area contributed by atoms with Gasteiger partial charge >= 0.3 is 12.1 Å². The van der Waals surface area contributed by atoms with Crippen LogP contribution in [-0.4, -0.2) is 70.5 Å². The van der Waals surface area contributed by atoms with Crippen LogP contribution in [-0.2, 0) is 10.9 Å². The number of halogens is 3. The third-order valence-corrected chi connectivity index (χ3v) is 5.89. The first-order valence-electron chi connectivity index (χ1n) is 11.6. The summed E-state index contributed by atoms with van der Waals surface area (Å²) in [6, 6.07) is 5.39. The number of nitrogens with zero attached hydrogens (tertiary/aromatic N) is 6. The molecule has 4 rings (SSSR count). The first-order chi connectivity index (χ1) is 17.1. The molecule has 1 aromatic carbocycles. The molecule has 36 heavy (non-hydrogen) atoms. The molecule has 1 aliphatic rings. The zero-order valence-electron chi connectivity index (χ0n) is 20.6. The van der Waals surface area contributed by atoms with E-state index in [1.807, 2.05) is 31.9 Å². The maximum absolute atomic E-state index is 13.6. The number of rotatable bonds is 6. The number of esters is 1. The quantitative estimate of drug-likeness (QED) is 0.506. The van der Waals surface area contributed by atoms with Gasteiger partial charge in [0.25, 0.3) is 5.95 Å². The second-order valence-corrected chi connectivity index (χ2v) is 8.64. The third kappa shape index (κ3) is 5.43. The maximum atomic E-state index is 13.6. The van der Waals surface area contributed by atoms with Gasteiger partial charge in [-0.25, -0.2) is 14.5 Å². The van der Waals surface area contributed by atoms with Crippen molar-refractivity contribution in [1.29, 1.82) is 0 Å². The lowest BCUT2D eigenvalue weighted by molar-refractivity contribution is -0.137. The van der Waals surface area contributed by atoms with Crippen molar-refractivity contribution in [3.63, 3.8) is 0 Å². The van der Waals surface area contributed by atoms with Gasteiger partial charge in [-0.05, 0) is 52.1 Å². The van der Waals surface area contributed by atoms with Gasteiger partial charge in [0.1, 0.15) is 5.56 Å². The van der Waals surface area contributed by atoms with Crippen LogP contribution in [0.2, 0.25) is 0 Å². The number of hydrogen-bond donors (Lipinski definition) is 1. The van der Waals surface area contributed by atoms with E-state index in [0.29, 0.717) is 18.8 Å². The number of hydrogen-bond acceptors (Lipinski definition) is 8. The van der Waals surface area contributed by atoms with E-state index in [4.69, 9.17) is 4.74 Å². The molecular weight excluding hydrogens is 475 g/mol. The van der Waals surface area contributed by atoms with Crippen molar-refractivity contribution in [2.45, 2.75) is 26.9 Å². The van der Waals surface area contributed by atoms with Crippen LogP contribution in [0.3, 0.4) is 0 Å². The predicted octanol–water partition coefficient (Wildman–Crippen LogP) is 3.97. The van der Waals surface area contributed by atoms with E-state index in [9.17, 15) is 18.0 Å². The molecule has 0 saturated carbocycles. The number of carbonyl (C=O) groups excluding carboxylic acids is 1. The van der Waals surface area contributed by atoms with E-state index in [1.54, 1.807) is 6.92 Å². The van der Waals surface area contributed by atoms with Crippen LogP contribution < -0.4 is 10.2 Å². The molecule has 3 heterocycles. The highest BCUT2D eigenvalue weighted by atomic mass is 19.4. The maximum Gasteiger partial charge on any atom is 0.416 e. The van der Waals surface area contributed by atoms with Crippen LogP contribution in [0.15, 0.2) is 30.5 Å². The monoisotopic (exact) mass is 503 g/mol. The molecule has 0 amide bonds. The summed E-state index contributed by atoms with van der Waals surface area (Å²) < 4.78 is 47.5. The summed E-state index contributed by atoms with van der Waals surface area (Å²) in [7, 11) is 2.00. The fourth-order valence-corrected chi connectivity index (χ4v) is 4.02. The molecule has 2 aromatic heterocycles. The van der Waals surface area contributed by atoms with Gasteiger partial charge in [-0.2, -0.15) is 23.3 Å². The molecule has 12 heteroatoms. The third-order valence-electron chi connectivity index (χ3n) is 5.89. The summed E-state index contributed by atoms with van der Waals surface area (Å²) in [5, 5.41) is 7.36. The second-order valence-electron chi connectivity index (χ2n) is 8.64. The Balaban J connectivity index is 1.81. The molecule has 0 atom stereocenters. The number of aromatic nitrogens is 4. The Hall–Kier alpha value is -3.67. The van der Waals surface area contributed by atoms with Crippen LogP contribution in [0.1, 0.15) is 34.2 Å². The lowest BCUT2D eigenvalue weighted by Gasteiger charge is -2.35. The van der Waals surface area contributed by atoms with Gasteiger partial charge in [0.2, 0.25) is 0 Å². The topological polar surface area (TPSA) is 88.4 Å². The summed E-state index contributed by atoms with van der Waals surface area (Å²) in [4.78, 5) is 25.6. The van der Waals surface area contributed by atoms with Crippen molar-refractivity contribution < 1.29 is 22.7 Å². The Labute approximate surface area is 206 Å². The minimum absolute atomic E-state index is 0.00358. The Bertz CT molecular complexity index is 1250. The first-order valence-corrected chi connectivity index (χ1v) is 11.6. The molecular formula is C24H28F3N7O2. The van der Waals surface area contributed by atoms with Crippen molar-refractivity contribution in [1.82, 2.24) is 24.6 Å². The summed E-state index contributed by atoms with van der Waals surface area (Å²) in [6.45, 7) is 8.24. The summed E-state index contributed by atoms with van der Waals surface area (Å²) in [5.41, 5.74) is 1.46. The van der Waals surface area contributed by atoms with E-state index < -0.39 is 17.7 Å². The summed E-state index contributed by atoms with van der Waals surface area (Å²) in [5.74, 6) is -0.488. The average molecular weight is 504 g/mol. The normalized spacial score (nSPS) is 14.7. The molecule has 0 aliphatic carbocycles. The Morgan fingerprint density at radius 2 is 1.86 bits per heavy atom. The molecule has 192 valence electrons. The molecule has 0 unspecified atom stereocenters. The number of benzene rings is 1. The van der Waals surface area contributed by atoms with Crippen molar-refractivity contribution in [2.24, 2.45) is 0 Å². The molecule has 1 aliphatic heterocycles. The first kappa shape index (κ1) is 25.4. The number of likely N-dealkylation sites (N-methyl/N-ethyl adjacent to an activating group) is 1. The van der Waals surface area contributed by atoms with E-state index in [2.05, 4.69) is 25.3 Å². The van der Waals surface area contributed by atoms with Gasteiger partial charge in [0, 0.05) is 38.1 Å². The van der Waals surface area contributed by atoms with Crippen molar-refractivity contribution in [3.8, 4) is 5.95 Å².